The molecule has 0 unspecified atom stereocenters. The molecule has 1 saturated heterocycles. The standard InChI is InChI=1S/C13H20O3/c1-3-4-5-6-7-8-9-11-12(14)10(2)16-13(11)15/h9,12,14H,2-8H2,1H3/b11-9-/t12-/m0/s1. The van der Waals surface area contributed by atoms with Crippen LogP contribution in [0.3, 0.4) is 0 Å². The van der Waals surface area contributed by atoms with Crippen molar-refractivity contribution >= 4 is 5.97 Å². The van der Waals surface area contributed by atoms with Gasteiger partial charge in [-0.3, -0.25) is 0 Å². The Labute approximate surface area is 96.8 Å². The van der Waals surface area contributed by atoms with E-state index in [1.54, 1.807) is 6.08 Å². The van der Waals surface area contributed by atoms with E-state index in [0.717, 1.165) is 12.8 Å². The molecule has 1 aliphatic rings. The molecular weight excluding hydrogens is 204 g/mol. The molecule has 1 heterocycles. The number of cyclic esters (lactones) is 1. The first-order chi connectivity index (χ1) is 7.66. The van der Waals surface area contributed by atoms with Crippen molar-refractivity contribution in [2.24, 2.45) is 0 Å². The second-order valence-corrected chi connectivity index (χ2v) is 4.12. The highest BCUT2D eigenvalue weighted by atomic mass is 16.6. The van der Waals surface area contributed by atoms with E-state index < -0.39 is 12.1 Å². The zero-order valence-corrected chi connectivity index (χ0v) is 9.87. The zero-order chi connectivity index (χ0) is 12.0. The van der Waals surface area contributed by atoms with Crippen LogP contribution in [0.1, 0.15) is 45.4 Å². The number of carbonyl (C=O) groups is 1. The molecule has 0 saturated carbocycles. The number of allylic oxidation sites excluding steroid dienone is 1. The number of rotatable bonds is 6. The van der Waals surface area contributed by atoms with E-state index in [4.69, 9.17) is 4.74 Å². The summed E-state index contributed by atoms with van der Waals surface area (Å²) in [5.74, 6) is -0.312. The second-order valence-electron chi connectivity index (χ2n) is 4.12. The number of esters is 1. The number of ether oxygens (including phenoxy) is 1. The van der Waals surface area contributed by atoms with Gasteiger partial charge >= 0.3 is 5.97 Å². The first-order valence-corrected chi connectivity index (χ1v) is 5.96. The van der Waals surface area contributed by atoms with Gasteiger partial charge in [0.1, 0.15) is 11.9 Å². The largest absolute Gasteiger partial charge is 0.425 e. The first-order valence-electron chi connectivity index (χ1n) is 5.96. The number of carbonyl (C=O) groups excluding carboxylic acids is 1. The van der Waals surface area contributed by atoms with Crippen LogP contribution in [0.15, 0.2) is 24.0 Å². The van der Waals surface area contributed by atoms with Crippen molar-refractivity contribution in [3.05, 3.63) is 24.0 Å². The highest BCUT2D eigenvalue weighted by molar-refractivity contribution is 5.93. The van der Waals surface area contributed by atoms with Crippen molar-refractivity contribution < 1.29 is 14.6 Å². The maximum Gasteiger partial charge on any atom is 0.341 e. The van der Waals surface area contributed by atoms with E-state index in [2.05, 4.69) is 13.5 Å². The van der Waals surface area contributed by atoms with E-state index >= 15 is 0 Å². The van der Waals surface area contributed by atoms with E-state index in [9.17, 15) is 9.90 Å². The predicted octanol–water partition coefficient (Wildman–Crippen LogP) is 2.70. The lowest BCUT2D eigenvalue weighted by molar-refractivity contribution is -0.132. The highest BCUT2D eigenvalue weighted by Gasteiger charge is 2.32. The summed E-state index contributed by atoms with van der Waals surface area (Å²) < 4.78 is 4.73. The summed E-state index contributed by atoms with van der Waals surface area (Å²) in [7, 11) is 0. The molecule has 0 radical (unpaired) electrons. The van der Waals surface area contributed by atoms with Crippen LogP contribution in [0.2, 0.25) is 0 Å². The van der Waals surface area contributed by atoms with Crippen molar-refractivity contribution in [3.8, 4) is 0 Å². The molecule has 1 atom stereocenters. The average molecular weight is 224 g/mol. The van der Waals surface area contributed by atoms with Gasteiger partial charge in [0.2, 0.25) is 0 Å². The Balaban J connectivity index is 2.29. The van der Waals surface area contributed by atoms with Crippen LogP contribution in [0.4, 0.5) is 0 Å². The number of hydrogen-bond donors (Lipinski definition) is 1. The fraction of sp³-hybridized carbons (Fsp3) is 0.615. The second kappa shape index (κ2) is 6.48. The molecule has 3 heteroatoms. The molecule has 1 N–H and O–H groups in total. The SMILES string of the molecule is C=C1OC(=O)/C(=C\CCCCCCC)[C@H]1O. The minimum atomic E-state index is -0.928. The summed E-state index contributed by atoms with van der Waals surface area (Å²) in [6.07, 6.45) is 7.61. The van der Waals surface area contributed by atoms with Crippen molar-refractivity contribution in [3.63, 3.8) is 0 Å². The maximum absolute atomic E-state index is 11.2. The predicted molar refractivity (Wildman–Crippen MR) is 62.7 cm³/mol. The monoisotopic (exact) mass is 224 g/mol. The average Bonchev–Trinajstić information content (AvgIpc) is 2.49. The Bertz CT molecular complexity index is 292. The third kappa shape index (κ3) is 3.49. The van der Waals surface area contributed by atoms with Crippen molar-refractivity contribution in [2.75, 3.05) is 0 Å². The van der Waals surface area contributed by atoms with Crippen LogP contribution in [0, 0.1) is 0 Å². The molecule has 0 bridgehead atoms. The molecular formula is C13H20O3. The van der Waals surface area contributed by atoms with E-state index in [-0.39, 0.29) is 5.76 Å². The van der Waals surface area contributed by atoms with Crippen molar-refractivity contribution in [1.82, 2.24) is 0 Å². The molecule has 0 aromatic heterocycles. The van der Waals surface area contributed by atoms with Gasteiger partial charge in [-0.05, 0) is 12.8 Å². The number of unbranched alkanes of at least 4 members (excludes halogenated alkanes) is 5. The number of hydrogen-bond acceptors (Lipinski definition) is 3. The molecule has 0 aromatic carbocycles. The fourth-order valence-corrected chi connectivity index (χ4v) is 1.72. The normalized spacial score (nSPS) is 22.9. The molecule has 16 heavy (non-hydrogen) atoms. The summed E-state index contributed by atoms with van der Waals surface area (Å²) in [6, 6.07) is 0. The van der Waals surface area contributed by atoms with Gasteiger partial charge in [0, 0.05) is 0 Å². The van der Waals surface area contributed by atoms with E-state index in [1.807, 2.05) is 0 Å². The van der Waals surface area contributed by atoms with E-state index in [1.165, 1.54) is 25.7 Å². The quantitative estimate of drug-likeness (QED) is 0.428. The van der Waals surface area contributed by atoms with Gasteiger partial charge in [-0.25, -0.2) is 4.79 Å². The summed E-state index contributed by atoms with van der Waals surface area (Å²) in [5, 5.41) is 9.55. The molecule has 0 aromatic rings. The molecule has 0 spiro atoms. The minimum absolute atomic E-state index is 0.141. The third-order valence-corrected chi connectivity index (χ3v) is 2.73. The topological polar surface area (TPSA) is 46.5 Å². The highest BCUT2D eigenvalue weighted by Crippen LogP contribution is 2.23. The third-order valence-electron chi connectivity index (χ3n) is 2.73. The summed E-state index contributed by atoms with van der Waals surface area (Å²) in [6.45, 7) is 5.65. The Morgan fingerprint density at radius 2 is 2.06 bits per heavy atom. The Kier molecular flexibility index (Phi) is 5.26. The molecule has 3 nitrogen and oxygen atoms in total. The van der Waals surface area contributed by atoms with Crippen LogP contribution < -0.4 is 0 Å². The maximum atomic E-state index is 11.2. The van der Waals surface area contributed by atoms with Crippen LogP contribution >= 0.6 is 0 Å². The van der Waals surface area contributed by atoms with Gasteiger partial charge < -0.3 is 9.84 Å². The van der Waals surface area contributed by atoms with Crippen LogP contribution in [0.5, 0.6) is 0 Å². The smallest absolute Gasteiger partial charge is 0.341 e. The van der Waals surface area contributed by atoms with Crippen molar-refractivity contribution in [1.29, 1.82) is 0 Å². The van der Waals surface area contributed by atoms with Gasteiger partial charge in [-0.1, -0.05) is 45.3 Å². The van der Waals surface area contributed by atoms with E-state index in [0.29, 0.717) is 5.57 Å². The van der Waals surface area contributed by atoms with Gasteiger partial charge in [0.25, 0.3) is 0 Å². The van der Waals surface area contributed by atoms with Crippen LogP contribution in [0.25, 0.3) is 0 Å². The molecule has 90 valence electrons. The summed E-state index contributed by atoms with van der Waals surface area (Å²) in [5.41, 5.74) is 0.348. The lowest BCUT2D eigenvalue weighted by Gasteiger charge is -2.00. The summed E-state index contributed by atoms with van der Waals surface area (Å²) in [4.78, 5) is 11.2. The van der Waals surface area contributed by atoms with Crippen molar-refractivity contribution in [2.45, 2.75) is 51.6 Å². The van der Waals surface area contributed by atoms with Crippen LogP contribution in [-0.4, -0.2) is 17.2 Å². The molecule has 1 fully saturated rings. The number of aliphatic hydroxyl groups excluding tert-OH is 1. The Hall–Kier alpha value is -1.09. The number of aliphatic hydroxyl groups is 1. The minimum Gasteiger partial charge on any atom is -0.425 e. The molecule has 0 amide bonds. The summed E-state index contributed by atoms with van der Waals surface area (Å²) >= 11 is 0. The lowest BCUT2D eigenvalue weighted by Crippen LogP contribution is -2.07. The molecule has 1 aliphatic heterocycles. The molecule has 0 aliphatic carbocycles. The van der Waals surface area contributed by atoms with Crippen LogP contribution in [-0.2, 0) is 9.53 Å². The first kappa shape index (κ1) is 13.0. The Morgan fingerprint density at radius 3 is 2.62 bits per heavy atom. The zero-order valence-electron chi connectivity index (χ0n) is 9.87. The Morgan fingerprint density at radius 1 is 1.38 bits per heavy atom. The molecule has 1 rings (SSSR count). The lowest BCUT2D eigenvalue weighted by atomic mass is 10.1. The van der Waals surface area contributed by atoms with Gasteiger partial charge in [-0.15, -0.1) is 0 Å². The van der Waals surface area contributed by atoms with Gasteiger partial charge in [0.05, 0.1) is 5.57 Å². The van der Waals surface area contributed by atoms with Gasteiger partial charge in [-0.2, -0.15) is 0 Å². The fourth-order valence-electron chi connectivity index (χ4n) is 1.72. The van der Waals surface area contributed by atoms with Gasteiger partial charge in [0.15, 0.2) is 0 Å².